The van der Waals surface area contributed by atoms with Crippen LogP contribution in [0.4, 0.5) is 4.79 Å². The van der Waals surface area contributed by atoms with E-state index in [9.17, 15) is 14.4 Å². The SMILES string of the molecule is NC(=O)OC1(Cc2ccccc2)CCC(=O)C(OC=O)C1. The van der Waals surface area contributed by atoms with Crippen LogP contribution in [0.2, 0.25) is 0 Å². The van der Waals surface area contributed by atoms with Gasteiger partial charge in [0.2, 0.25) is 0 Å². The number of carbonyl (C=O) groups excluding carboxylic acids is 3. The molecule has 0 aromatic heterocycles. The summed E-state index contributed by atoms with van der Waals surface area (Å²) < 4.78 is 10.1. The van der Waals surface area contributed by atoms with Gasteiger partial charge in [-0.2, -0.15) is 0 Å². The number of amides is 1. The smallest absolute Gasteiger partial charge is 0.405 e. The first-order valence-corrected chi connectivity index (χ1v) is 6.69. The van der Waals surface area contributed by atoms with Crippen LogP contribution in [0, 0.1) is 0 Å². The first-order chi connectivity index (χ1) is 10.0. The Kier molecular flexibility index (Phi) is 4.57. The third kappa shape index (κ3) is 3.81. The molecule has 1 aromatic carbocycles. The number of benzene rings is 1. The Morgan fingerprint density at radius 2 is 2.10 bits per heavy atom. The zero-order valence-corrected chi connectivity index (χ0v) is 11.5. The number of hydrogen-bond donors (Lipinski definition) is 1. The minimum Gasteiger partial charge on any atom is -0.456 e. The average molecular weight is 291 g/mol. The zero-order valence-electron chi connectivity index (χ0n) is 11.5. The lowest BCUT2D eigenvalue weighted by molar-refractivity contribution is -0.153. The molecule has 112 valence electrons. The van der Waals surface area contributed by atoms with Crippen molar-refractivity contribution in [2.75, 3.05) is 0 Å². The topological polar surface area (TPSA) is 95.7 Å². The molecule has 1 amide bonds. The maximum atomic E-state index is 11.8. The van der Waals surface area contributed by atoms with E-state index in [1.165, 1.54) is 0 Å². The summed E-state index contributed by atoms with van der Waals surface area (Å²) in [6, 6.07) is 9.44. The van der Waals surface area contributed by atoms with Gasteiger partial charge in [-0.15, -0.1) is 0 Å². The fraction of sp³-hybridized carbons (Fsp3) is 0.400. The Bertz CT molecular complexity index is 530. The molecule has 6 heteroatoms. The van der Waals surface area contributed by atoms with Crippen LogP contribution < -0.4 is 5.73 Å². The van der Waals surface area contributed by atoms with Gasteiger partial charge in [0.1, 0.15) is 5.60 Å². The van der Waals surface area contributed by atoms with Gasteiger partial charge >= 0.3 is 6.09 Å². The number of rotatable bonds is 5. The van der Waals surface area contributed by atoms with E-state index in [4.69, 9.17) is 15.2 Å². The Morgan fingerprint density at radius 3 is 2.71 bits per heavy atom. The number of primary amides is 1. The molecule has 1 saturated carbocycles. The van der Waals surface area contributed by atoms with E-state index >= 15 is 0 Å². The Labute approximate surface area is 122 Å². The minimum atomic E-state index is -0.922. The van der Waals surface area contributed by atoms with Gasteiger partial charge in [0.15, 0.2) is 11.9 Å². The van der Waals surface area contributed by atoms with E-state index in [-0.39, 0.29) is 25.1 Å². The highest BCUT2D eigenvalue weighted by Gasteiger charge is 2.44. The monoisotopic (exact) mass is 291 g/mol. The molecule has 2 atom stereocenters. The summed E-state index contributed by atoms with van der Waals surface area (Å²) in [7, 11) is 0. The first-order valence-electron chi connectivity index (χ1n) is 6.69. The molecule has 0 bridgehead atoms. The first kappa shape index (κ1) is 15.0. The normalized spacial score (nSPS) is 25.1. The molecule has 0 spiro atoms. The van der Waals surface area contributed by atoms with Crippen molar-refractivity contribution in [3.63, 3.8) is 0 Å². The lowest BCUT2D eigenvalue weighted by atomic mass is 9.78. The van der Waals surface area contributed by atoms with Crippen molar-refractivity contribution in [1.82, 2.24) is 0 Å². The van der Waals surface area contributed by atoms with E-state index in [2.05, 4.69) is 0 Å². The molecular formula is C15H17NO5. The molecule has 1 fully saturated rings. The van der Waals surface area contributed by atoms with Crippen LogP contribution in [-0.2, 0) is 25.5 Å². The molecular weight excluding hydrogens is 274 g/mol. The minimum absolute atomic E-state index is 0.127. The van der Waals surface area contributed by atoms with Crippen molar-refractivity contribution >= 4 is 18.3 Å². The molecule has 0 aliphatic heterocycles. The predicted molar refractivity (Wildman–Crippen MR) is 73.3 cm³/mol. The number of ketones is 1. The van der Waals surface area contributed by atoms with Gasteiger partial charge in [0, 0.05) is 19.3 Å². The molecule has 1 aliphatic carbocycles. The second-order valence-corrected chi connectivity index (χ2v) is 5.16. The van der Waals surface area contributed by atoms with Crippen molar-refractivity contribution in [1.29, 1.82) is 0 Å². The van der Waals surface area contributed by atoms with Gasteiger partial charge in [-0.1, -0.05) is 30.3 Å². The van der Waals surface area contributed by atoms with Crippen molar-refractivity contribution in [3.05, 3.63) is 35.9 Å². The summed E-state index contributed by atoms with van der Waals surface area (Å²) in [4.78, 5) is 33.5. The molecule has 1 aliphatic rings. The fourth-order valence-corrected chi connectivity index (χ4v) is 2.73. The Hall–Kier alpha value is -2.37. The van der Waals surface area contributed by atoms with Crippen LogP contribution in [0.15, 0.2) is 30.3 Å². The van der Waals surface area contributed by atoms with E-state index in [0.29, 0.717) is 12.8 Å². The largest absolute Gasteiger partial charge is 0.456 e. The number of nitrogens with two attached hydrogens (primary N) is 1. The maximum absolute atomic E-state index is 11.8. The number of carbonyl (C=O) groups is 3. The molecule has 2 N–H and O–H groups in total. The Balaban J connectivity index is 2.22. The van der Waals surface area contributed by atoms with Crippen molar-refractivity contribution in [2.24, 2.45) is 5.73 Å². The summed E-state index contributed by atoms with van der Waals surface area (Å²) in [6.45, 7) is 0.241. The summed E-state index contributed by atoms with van der Waals surface area (Å²) in [6.07, 6.45) is -0.698. The van der Waals surface area contributed by atoms with Crippen LogP contribution in [0.3, 0.4) is 0 Å². The number of Topliss-reactive ketones (excluding diaryl/α,β-unsaturated/α-hetero) is 1. The molecule has 2 rings (SSSR count). The van der Waals surface area contributed by atoms with Crippen LogP contribution in [0.5, 0.6) is 0 Å². The second kappa shape index (κ2) is 6.39. The van der Waals surface area contributed by atoms with Gasteiger partial charge < -0.3 is 15.2 Å². The predicted octanol–water partition coefficient (Wildman–Crippen LogP) is 1.36. The summed E-state index contributed by atoms with van der Waals surface area (Å²) in [5.41, 5.74) is 5.19. The highest BCUT2D eigenvalue weighted by molar-refractivity contribution is 5.85. The summed E-state index contributed by atoms with van der Waals surface area (Å²) >= 11 is 0. The van der Waals surface area contributed by atoms with Crippen LogP contribution in [0.25, 0.3) is 0 Å². The molecule has 0 heterocycles. The van der Waals surface area contributed by atoms with Gasteiger partial charge in [-0.3, -0.25) is 9.59 Å². The highest BCUT2D eigenvalue weighted by Crippen LogP contribution is 2.34. The van der Waals surface area contributed by atoms with E-state index < -0.39 is 17.8 Å². The second-order valence-electron chi connectivity index (χ2n) is 5.16. The van der Waals surface area contributed by atoms with Crippen molar-refractivity contribution in [2.45, 2.75) is 37.4 Å². The quantitative estimate of drug-likeness (QED) is 0.826. The standard InChI is InChI=1S/C15H17NO5/c16-14(19)21-15(8-11-4-2-1-3-5-11)7-6-12(18)13(9-15)20-10-17/h1-5,10,13H,6-9H2,(H2,16,19). The lowest BCUT2D eigenvalue weighted by Gasteiger charge is -2.38. The average Bonchev–Trinajstić information content (AvgIpc) is 2.44. The molecule has 1 aromatic rings. The van der Waals surface area contributed by atoms with E-state index in [1.54, 1.807) is 0 Å². The van der Waals surface area contributed by atoms with Crippen LogP contribution in [0.1, 0.15) is 24.8 Å². The number of hydrogen-bond acceptors (Lipinski definition) is 5. The fourth-order valence-electron chi connectivity index (χ4n) is 2.73. The van der Waals surface area contributed by atoms with Crippen molar-refractivity contribution in [3.8, 4) is 0 Å². The summed E-state index contributed by atoms with van der Waals surface area (Å²) in [5, 5.41) is 0. The summed E-state index contributed by atoms with van der Waals surface area (Å²) in [5.74, 6) is -0.168. The molecule has 6 nitrogen and oxygen atoms in total. The van der Waals surface area contributed by atoms with Crippen molar-refractivity contribution < 1.29 is 23.9 Å². The molecule has 0 radical (unpaired) electrons. The van der Waals surface area contributed by atoms with E-state index in [0.717, 1.165) is 5.56 Å². The van der Waals surface area contributed by atoms with Gasteiger partial charge in [0.05, 0.1) is 0 Å². The van der Waals surface area contributed by atoms with Crippen LogP contribution >= 0.6 is 0 Å². The molecule has 21 heavy (non-hydrogen) atoms. The Morgan fingerprint density at radius 1 is 1.38 bits per heavy atom. The number of ether oxygens (including phenoxy) is 2. The van der Waals surface area contributed by atoms with Gasteiger partial charge in [-0.25, -0.2) is 4.79 Å². The maximum Gasteiger partial charge on any atom is 0.405 e. The lowest BCUT2D eigenvalue weighted by Crippen LogP contribution is -2.48. The third-order valence-corrected chi connectivity index (χ3v) is 3.65. The third-order valence-electron chi connectivity index (χ3n) is 3.65. The molecule has 2 unspecified atom stereocenters. The van der Waals surface area contributed by atoms with Gasteiger partial charge in [0.25, 0.3) is 6.47 Å². The van der Waals surface area contributed by atoms with Crippen LogP contribution in [-0.4, -0.2) is 30.1 Å². The van der Waals surface area contributed by atoms with Gasteiger partial charge in [-0.05, 0) is 12.0 Å². The van der Waals surface area contributed by atoms with E-state index in [1.807, 2.05) is 30.3 Å². The molecule has 0 saturated heterocycles. The highest BCUT2D eigenvalue weighted by atomic mass is 16.6. The zero-order chi connectivity index (χ0) is 15.3.